The van der Waals surface area contributed by atoms with Gasteiger partial charge in [0.05, 0.1) is 24.0 Å². The van der Waals surface area contributed by atoms with E-state index in [4.69, 9.17) is 0 Å². The van der Waals surface area contributed by atoms with E-state index >= 15 is 0 Å². The standard InChI is InChI=1S/C24H24N4O/c1-27(2)15-16-28-23(19-10-4-3-5-11-19)21(17-25-28)24(29)26-22-14-8-12-18-9-6-7-13-20(18)22/h3-14,17H,15-16H2,1-2H3,(H,26,29). The number of rotatable bonds is 6. The molecule has 5 heteroatoms. The van der Waals surface area contributed by atoms with Crippen LogP contribution in [-0.2, 0) is 6.54 Å². The highest BCUT2D eigenvalue weighted by Crippen LogP contribution is 2.27. The molecule has 5 nitrogen and oxygen atoms in total. The molecule has 0 aliphatic rings. The molecule has 0 aliphatic carbocycles. The minimum absolute atomic E-state index is 0.156. The van der Waals surface area contributed by atoms with Crippen molar-refractivity contribution < 1.29 is 4.79 Å². The molecule has 4 aromatic rings. The van der Waals surface area contributed by atoms with Crippen molar-refractivity contribution in [2.24, 2.45) is 0 Å². The Morgan fingerprint density at radius 1 is 0.966 bits per heavy atom. The molecule has 0 atom stereocenters. The molecule has 0 spiro atoms. The van der Waals surface area contributed by atoms with E-state index in [0.717, 1.165) is 34.3 Å². The van der Waals surface area contributed by atoms with Crippen LogP contribution in [0.15, 0.2) is 79.0 Å². The number of carbonyl (C=O) groups is 1. The number of nitrogens with zero attached hydrogens (tertiary/aromatic N) is 3. The number of likely N-dealkylation sites (N-methyl/N-ethyl adjacent to an activating group) is 1. The van der Waals surface area contributed by atoms with E-state index in [1.165, 1.54) is 0 Å². The van der Waals surface area contributed by atoms with Gasteiger partial charge in [-0.1, -0.05) is 66.7 Å². The highest BCUT2D eigenvalue weighted by atomic mass is 16.1. The van der Waals surface area contributed by atoms with Gasteiger partial charge in [-0.15, -0.1) is 0 Å². The predicted molar refractivity (Wildman–Crippen MR) is 118 cm³/mol. The molecular formula is C24H24N4O. The van der Waals surface area contributed by atoms with Gasteiger partial charge < -0.3 is 10.2 Å². The lowest BCUT2D eigenvalue weighted by Crippen LogP contribution is -2.20. The van der Waals surface area contributed by atoms with E-state index in [9.17, 15) is 4.79 Å². The summed E-state index contributed by atoms with van der Waals surface area (Å²) in [6.45, 7) is 1.55. The van der Waals surface area contributed by atoms with Gasteiger partial charge in [0.1, 0.15) is 0 Å². The molecule has 29 heavy (non-hydrogen) atoms. The smallest absolute Gasteiger partial charge is 0.259 e. The number of benzene rings is 3. The molecule has 0 radical (unpaired) electrons. The molecule has 1 aromatic heterocycles. The fraction of sp³-hybridized carbons (Fsp3) is 0.167. The summed E-state index contributed by atoms with van der Waals surface area (Å²) in [6.07, 6.45) is 1.67. The summed E-state index contributed by atoms with van der Waals surface area (Å²) in [4.78, 5) is 15.3. The molecule has 0 saturated heterocycles. The summed E-state index contributed by atoms with van der Waals surface area (Å²) in [5.41, 5.74) is 3.19. The molecule has 1 amide bonds. The first-order valence-corrected chi connectivity index (χ1v) is 9.68. The second-order valence-electron chi connectivity index (χ2n) is 7.28. The summed E-state index contributed by atoms with van der Waals surface area (Å²) < 4.78 is 1.91. The minimum atomic E-state index is -0.156. The van der Waals surface area contributed by atoms with Gasteiger partial charge in [0.2, 0.25) is 0 Å². The number of anilines is 1. The lowest BCUT2D eigenvalue weighted by molar-refractivity contribution is 0.102. The molecule has 0 aliphatic heterocycles. The number of fused-ring (bicyclic) bond motifs is 1. The van der Waals surface area contributed by atoms with Crippen LogP contribution in [0, 0.1) is 0 Å². The summed E-state index contributed by atoms with van der Waals surface area (Å²) in [5.74, 6) is -0.156. The van der Waals surface area contributed by atoms with E-state index in [1.54, 1.807) is 6.20 Å². The number of aromatic nitrogens is 2. The molecule has 3 aromatic carbocycles. The van der Waals surface area contributed by atoms with Crippen molar-refractivity contribution in [3.8, 4) is 11.3 Å². The third-order valence-corrected chi connectivity index (χ3v) is 4.93. The Bertz CT molecular complexity index is 1130. The van der Waals surface area contributed by atoms with Crippen LogP contribution in [-0.4, -0.2) is 41.2 Å². The normalized spacial score (nSPS) is 11.1. The fourth-order valence-electron chi connectivity index (χ4n) is 3.44. The lowest BCUT2D eigenvalue weighted by Gasteiger charge is -2.14. The van der Waals surface area contributed by atoms with E-state index in [-0.39, 0.29) is 5.91 Å². The zero-order valence-corrected chi connectivity index (χ0v) is 16.7. The molecule has 1 heterocycles. The van der Waals surface area contributed by atoms with Crippen molar-refractivity contribution in [3.63, 3.8) is 0 Å². The summed E-state index contributed by atoms with van der Waals surface area (Å²) in [6, 6.07) is 23.9. The van der Waals surface area contributed by atoms with Gasteiger partial charge in [0.15, 0.2) is 0 Å². The monoisotopic (exact) mass is 384 g/mol. The maximum atomic E-state index is 13.2. The van der Waals surface area contributed by atoms with E-state index in [0.29, 0.717) is 12.1 Å². The zero-order chi connectivity index (χ0) is 20.2. The summed E-state index contributed by atoms with van der Waals surface area (Å²) in [7, 11) is 4.06. The first-order chi connectivity index (χ1) is 14.1. The largest absolute Gasteiger partial charge is 0.321 e. The second kappa shape index (κ2) is 8.29. The summed E-state index contributed by atoms with van der Waals surface area (Å²) >= 11 is 0. The van der Waals surface area contributed by atoms with Crippen LogP contribution in [0.2, 0.25) is 0 Å². The highest BCUT2D eigenvalue weighted by Gasteiger charge is 2.19. The molecule has 0 bridgehead atoms. The van der Waals surface area contributed by atoms with Crippen molar-refractivity contribution in [1.82, 2.24) is 14.7 Å². The number of nitrogens with one attached hydrogen (secondary N) is 1. The lowest BCUT2D eigenvalue weighted by atomic mass is 10.1. The Balaban J connectivity index is 1.71. The van der Waals surface area contributed by atoms with Gasteiger partial charge in [-0.25, -0.2) is 0 Å². The minimum Gasteiger partial charge on any atom is -0.321 e. The van der Waals surface area contributed by atoms with Crippen molar-refractivity contribution in [2.45, 2.75) is 6.54 Å². The molecule has 0 fully saturated rings. The molecule has 146 valence electrons. The van der Waals surface area contributed by atoms with Crippen LogP contribution >= 0.6 is 0 Å². The van der Waals surface area contributed by atoms with Crippen molar-refractivity contribution in [2.75, 3.05) is 26.0 Å². The third kappa shape index (κ3) is 4.05. The number of amides is 1. The maximum Gasteiger partial charge on any atom is 0.259 e. The average molecular weight is 384 g/mol. The molecule has 1 N–H and O–H groups in total. The fourth-order valence-corrected chi connectivity index (χ4v) is 3.44. The predicted octanol–water partition coefficient (Wildman–Crippen LogP) is 4.52. The van der Waals surface area contributed by atoms with E-state index < -0.39 is 0 Å². The van der Waals surface area contributed by atoms with Gasteiger partial charge in [0, 0.05) is 23.2 Å². The van der Waals surface area contributed by atoms with Crippen LogP contribution in [0.4, 0.5) is 5.69 Å². The Kier molecular flexibility index (Phi) is 5.40. The van der Waals surface area contributed by atoms with Gasteiger partial charge >= 0.3 is 0 Å². The first kappa shape index (κ1) is 18.9. The van der Waals surface area contributed by atoms with Crippen molar-refractivity contribution in [3.05, 3.63) is 84.6 Å². The Hall–Kier alpha value is -3.44. The molecular weight excluding hydrogens is 360 g/mol. The number of hydrogen-bond donors (Lipinski definition) is 1. The van der Waals surface area contributed by atoms with Crippen LogP contribution in [0.1, 0.15) is 10.4 Å². The van der Waals surface area contributed by atoms with Crippen molar-refractivity contribution >= 4 is 22.4 Å². The Morgan fingerprint density at radius 3 is 2.48 bits per heavy atom. The van der Waals surface area contributed by atoms with Gasteiger partial charge in [0.25, 0.3) is 5.91 Å². The number of carbonyl (C=O) groups excluding carboxylic acids is 1. The quantitative estimate of drug-likeness (QED) is 0.532. The summed E-state index contributed by atoms with van der Waals surface area (Å²) in [5, 5.41) is 9.72. The zero-order valence-electron chi connectivity index (χ0n) is 16.7. The molecule has 0 saturated carbocycles. The first-order valence-electron chi connectivity index (χ1n) is 9.68. The van der Waals surface area contributed by atoms with E-state index in [1.807, 2.05) is 91.6 Å². The topological polar surface area (TPSA) is 50.2 Å². The van der Waals surface area contributed by atoms with Gasteiger partial charge in [-0.05, 0) is 25.5 Å². The van der Waals surface area contributed by atoms with Gasteiger partial charge in [-0.2, -0.15) is 5.10 Å². The Labute approximate surface area is 170 Å². The third-order valence-electron chi connectivity index (χ3n) is 4.93. The molecule has 4 rings (SSSR count). The van der Waals surface area contributed by atoms with Crippen molar-refractivity contribution in [1.29, 1.82) is 0 Å². The molecule has 0 unspecified atom stereocenters. The SMILES string of the molecule is CN(C)CCn1ncc(C(=O)Nc2cccc3ccccc23)c1-c1ccccc1. The average Bonchev–Trinajstić information content (AvgIpc) is 3.17. The number of hydrogen-bond acceptors (Lipinski definition) is 3. The Morgan fingerprint density at radius 2 is 1.69 bits per heavy atom. The second-order valence-corrected chi connectivity index (χ2v) is 7.28. The van der Waals surface area contributed by atoms with Crippen LogP contribution in [0.5, 0.6) is 0 Å². The van der Waals surface area contributed by atoms with Crippen LogP contribution < -0.4 is 5.32 Å². The highest BCUT2D eigenvalue weighted by molar-refractivity contribution is 6.11. The van der Waals surface area contributed by atoms with Crippen LogP contribution in [0.25, 0.3) is 22.0 Å². The van der Waals surface area contributed by atoms with Gasteiger partial charge in [-0.3, -0.25) is 9.48 Å². The van der Waals surface area contributed by atoms with Crippen LogP contribution in [0.3, 0.4) is 0 Å². The maximum absolute atomic E-state index is 13.2. The van der Waals surface area contributed by atoms with E-state index in [2.05, 4.69) is 15.3 Å².